The molecule has 2 rings (SSSR count). The summed E-state index contributed by atoms with van der Waals surface area (Å²) in [7, 11) is 0. The zero-order valence-electron chi connectivity index (χ0n) is 11.2. The number of rotatable bonds is 3. The molecule has 0 fully saturated rings. The Morgan fingerprint density at radius 1 is 1.27 bits per heavy atom. The summed E-state index contributed by atoms with van der Waals surface area (Å²) in [4.78, 5) is 22.3. The van der Waals surface area contributed by atoms with Crippen molar-refractivity contribution in [2.75, 3.05) is 5.32 Å². The van der Waals surface area contributed by atoms with E-state index in [0.717, 1.165) is 19.3 Å². The average Bonchev–Trinajstić information content (AvgIpc) is 2.89. The number of furan rings is 1. The number of aromatic carboxylic acids is 1. The highest BCUT2D eigenvalue weighted by Crippen LogP contribution is 2.40. The maximum Gasteiger partial charge on any atom is 0.417 e. The molecule has 0 spiro atoms. The number of carbonyl (C=O) groups excluding carboxylic acids is 1. The lowest BCUT2D eigenvalue weighted by Gasteiger charge is -2.16. The number of benzene rings is 1. The van der Waals surface area contributed by atoms with Gasteiger partial charge in [0.25, 0.3) is 0 Å². The molecule has 22 heavy (non-hydrogen) atoms. The first kappa shape index (κ1) is 15.6. The molecule has 1 aromatic heterocycles. The molecule has 2 N–H and O–H groups in total. The molecule has 5 nitrogen and oxygen atoms in total. The Balaban J connectivity index is 2.74. The van der Waals surface area contributed by atoms with Crippen LogP contribution in [-0.4, -0.2) is 17.0 Å². The predicted octanol–water partition coefficient (Wildman–Crippen LogP) is 3.62. The van der Waals surface area contributed by atoms with E-state index in [-0.39, 0.29) is 11.1 Å². The highest BCUT2D eigenvalue weighted by Gasteiger charge is 2.35. The molecule has 116 valence electrons. The molecule has 2 aromatic rings. The summed E-state index contributed by atoms with van der Waals surface area (Å²) in [5.74, 6) is -2.13. The standard InChI is InChI=1S/C14H10F3NO4/c1-7(19)18-12-5-11(14(15,16)17)9(4-10(12)13(20)21)8-2-3-22-6-8/h2-6H,1H3,(H,18,19)(H,20,21). The molecule has 8 heteroatoms. The summed E-state index contributed by atoms with van der Waals surface area (Å²) in [6.07, 6.45) is -2.47. The summed E-state index contributed by atoms with van der Waals surface area (Å²) in [6.45, 7) is 1.07. The van der Waals surface area contributed by atoms with Gasteiger partial charge in [-0.25, -0.2) is 4.79 Å². The molecule has 0 saturated carbocycles. The molecule has 0 bridgehead atoms. The number of amides is 1. The van der Waals surface area contributed by atoms with Gasteiger partial charge in [0.05, 0.1) is 29.3 Å². The number of hydrogen-bond acceptors (Lipinski definition) is 3. The number of alkyl halides is 3. The van der Waals surface area contributed by atoms with E-state index in [9.17, 15) is 22.8 Å². The minimum absolute atomic E-state index is 0.0872. The van der Waals surface area contributed by atoms with E-state index in [2.05, 4.69) is 5.32 Å². The lowest BCUT2D eigenvalue weighted by molar-refractivity contribution is -0.137. The minimum Gasteiger partial charge on any atom is -0.478 e. The molecule has 0 aliphatic carbocycles. The summed E-state index contributed by atoms with van der Waals surface area (Å²) in [6, 6.07) is 2.75. The fourth-order valence-electron chi connectivity index (χ4n) is 1.96. The van der Waals surface area contributed by atoms with Crippen molar-refractivity contribution in [2.45, 2.75) is 13.1 Å². The van der Waals surface area contributed by atoms with Crippen molar-refractivity contribution < 1.29 is 32.3 Å². The Kier molecular flexibility index (Phi) is 3.94. The van der Waals surface area contributed by atoms with Crippen LogP contribution >= 0.6 is 0 Å². The van der Waals surface area contributed by atoms with E-state index in [1.807, 2.05) is 0 Å². The van der Waals surface area contributed by atoms with Crippen molar-refractivity contribution in [3.8, 4) is 11.1 Å². The highest BCUT2D eigenvalue weighted by atomic mass is 19.4. The maximum absolute atomic E-state index is 13.2. The number of carboxylic acid groups (broad SMARTS) is 1. The summed E-state index contributed by atoms with van der Waals surface area (Å²) in [5, 5.41) is 11.2. The lowest BCUT2D eigenvalue weighted by atomic mass is 9.97. The molecule has 0 radical (unpaired) electrons. The number of anilines is 1. The smallest absolute Gasteiger partial charge is 0.417 e. The minimum atomic E-state index is -4.73. The summed E-state index contributed by atoms with van der Waals surface area (Å²) < 4.78 is 44.3. The first-order valence-corrected chi connectivity index (χ1v) is 5.99. The van der Waals surface area contributed by atoms with Crippen LogP contribution in [0.3, 0.4) is 0 Å². The van der Waals surface area contributed by atoms with Gasteiger partial charge in [-0.3, -0.25) is 4.79 Å². The topological polar surface area (TPSA) is 79.5 Å². The van der Waals surface area contributed by atoms with Crippen molar-refractivity contribution in [1.82, 2.24) is 0 Å². The molecule has 0 aliphatic rings. The first-order chi connectivity index (χ1) is 10.2. The third kappa shape index (κ3) is 3.11. The van der Waals surface area contributed by atoms with Gasteiger partial charge < -0.3 is 14.8 Å². The second-order valence-corrected chi connectivity index (χ2v) is 4.44. The van der Waals surface area contributed by atoms with Crippen LogP contribution in [-0.2, 0) is 11.0 Å². The third-order valence-corrected chi connectivity index (χ3v) is 2.84. The molecule has 1 heterocycles. The number of hydrogen-bond donors (Lipinski definition) is 2. The van der Waals surface area contributed by atoms with E-state index >= 15 is 0 Å². The van der Waals surface area contributed by atoms with Gasteiger partial charge in [-0.15, -0.1) is 0 Å². The van der Waals surface area contributed by atoms with E-state index in [1.165, 1.54) is 12.3 Å². The predicted molar refractivity (Wildman–Crippen MR) is 70.4 cm³/mol. The van der Waals surface area contributed by atoms with Gasteiger partial charge >= 0.3 is 12.1 Å². The number of carbonyl (C=O) groups is 2. The van der Waals surface area contributed by atoms with Crippen LogP contribution in [0.25, 0.3) is 11.1 Å². The van der Waals surface area contributed by atoms with Gasteiger partial charge in [-0.2, -0.15) is 13.2 Å². The number of carboxylic acids is 1. The molecule has 0 saturated heterocycles. The lowest BCUT2D eigenvalue weighted by Crippen LogP contribution is -2.15. The van der Waals surface area contributed by atoms with E-state index in [4.69, 9.17) is 9.52 Å². The van der Waals surface area contributed by atoms with Crippen molar-refractivity contribution in [3.63, 3.8) is 0 Å². The average molecular weight is 313 g/mol. The van der Waals surface area contributed by atoms with Crippen LogP contribution in [0.4, 0.5) is 18.9 Å². The van der Waals surface area contributed by atoms with Gasteiger partial charge in [-0.05, 0) is 23.8 Å². The van der Waals surface area contributed by atoms with Crippen LogP contribution in [0.5, 0.6) is 0 Å². The van der Waals surface area contributed by atoms with Gasteiger partial charge in [0.1, 0.15) is 0 Å². The molecule has 0 unspecified atom stereocenters. The highest BCUT2D eigenvalue weighted by molar-refractivity contribution is 6.01. The second kappa shape index (κ2) is 5.55. The zero-order valence-corrected chi connectivity index (χ0v) is 11.2. The summed E-state index contributed by atoms with van der Waals surface area (Å²) >= 11 is 0. The Labute approximate surface area is 122 Å². The molecule has 0 atom stereocenters. The van der Waals surface area contributed by atoms with Crippen molar-refractivity contribution >= 4 is 17.6 Å². The van der Waals surface area contributed by atoms with Crippen LogP contribution < -0.4 is 5.32 Å². The number of halogens is 3. The Bertz CT molecular complexity index is 720. The Morgan fingerprint density at radius 2 is 1.95 bits per heavy atom. The molecule has 0 aliphatic heterocycles. The van der Waals surface area contributed by atoms with Crippen LogP contribution in [0.2, 0.25) is 0 Å². The monoisotopic (exact) mass is 313 g/mol. The molecular formula is C14H10F3NO4. The van der Waals surface area contributed by atoms with Crippen LogP contribution in [0, 0.1) is 0 Å². The van der Waals surface area contributed by atoms with E-state index < -0.39 is 34.9 Å². The van der Waals surface area contributed by atoms with Crippen LogP contribution in [0.1, 0.15) is 22.8 Å². The SMILES string of the molecule is CC(=O)Nc1cc(C(F)(F)F)c(-c2ccoc2)cc1C(=O)O. The maximum atomic E-state index is 13.2. The zero-order chi connectivity index (χ0) is 16.5. The van der Waals surface area contributed by atoms with Crippen molar-refractivity contribution in [1.29, 1.82) is 0 Å². The largest absolute Gasteiger partial charge is 0.478 e. The summed E-state index contributed by atoms with van der Waals surface area (Å²) in [5.41, 5.74) is -2.18. The fraction of sp³-hybridized carbons (Fsp3) is 0.143. The Morgan fingerprint density at radius 3 is 2.41 bits per heavy atom. The van der Waals surface area contributed by atoms with E-state index in [0.29, 0.717) is 6.07 Å². The van der Waals surface area contributed by atoms with Gasteiger partial charge in [0.15, 0.2) is 0 Å². The van der Waals surface area contributed by atoms with Gasteiger partial charge in [-0.1, -0.05) is 0 Å². The molecular weight excluding hydrogens is 303 g/mol. The van der Waals surface area contributed by atoms with Crippen molar-refractivity contribution in [3.05, 3.63) is 41.9 Å². The van der Waals surface area contributed by atoms with Gasteiger partial charge in [0.2, 0.25) is 5.91 Å². The second-order valence-electron chi connectivity index (χ2n) is 4.44. The van der Waals surface area contributed by atoms with Gasteiger partial charge in [0, 0.05) is 12.5 Å². The first-order valence-electron chi connectivity index (χ1n) is 5.99. The quantitative estimate of drug-likeness (QED) is 0.907. The fourth-order valence-corrected chi connectivity index (χ4v) is 1.96. The normalized spacial score (nSPS) is 11.3. The molecule has 1 aromatic carbocycles. The molecule has 1 amide bonds. The van der Waals surface area contributed by atoms with Crippen molar-refractivity contribution in [2.24, 2.45) is 0 Å². The van der Waals surface area contributed by atoms with Crippen LogP contribution in [0.15, 0.2) is 35.1 Å². The van der Waals surface area contributed by atoms with E-state index in [1.54, 1.807) is 0 Å². The number of nitrogens with one attached hydrogen (secondary N) is 1. The third-order valence-electron chi connectivity index (χ3n) is 2.84. The Hall–Kier alpha value is -2.77.